The summed E-state index contributed by atoms with van der Waals surface area (Å²) in [5.74, 6) is 0. The van der Waals surface area contributed by atoms with Crippen LogP contribution in [0.1, 0.15) is 20.8 Å². The fraction of sp³-hybridized carbons (Fsp3) is 1.00. The third-order valence-electron chi connectivity index (χ3n) is 6.69. The van der Waals surface area contributed by atoms with Gasteiger partial charge in [0.2, 0.25) is 0 Å². The van der Waals surface area contributed by atoms with Gasteiger partial charge in [-0.2, -0.15) is 0 Å². The summed E-state index contributed by atoms with van der Waals surface area (Å²) in [6, 6.07) is 0. The third kappa shape index (κ3) is 6.17. The molecule has 36 heavy (non-hydrogen) atoms. The summed E-state index contributed by atoms with van der Waals surface area (Å²) in [6.07, 6.45) is -22.4. The highest BCUT2D eigenvalue weighted by Crippen LogP contribution is 2.32. The number of rotatable bonds is 8. The molecular formula is C21H38O15. The minimum absolute atomic E-state index is 0.583. The van der Waals surface area contributed by atoms with E-state index in [2.05, 4.69) is 0 Å². The van der Waals surface area contributed by atoms with Crippen LogP contribution in [0.25, 0.3) is 0 Å². The lowest BCUT2D eigenvalue weighted by Gasteiger charge is -2.48. The van der Waals surface area contributed by atoms with Crippen LogP contribution in [0.5, 0.6) is 0 Å². The molecule has 15 nitrogen and oxygen atoms in total. The van der Waals surface area contributed by atoms with Crippen molar-refractivity contribution in [2.45, 2.75) is 119 Å². The second-order valence-electron chi connectivity index (χ2n) is 9.39. The van der Waals surface area contributed by atoms with Crippen molar-refractivity contribution in [3.05, 3.63) is 0 Å². The second-order valence-corrected chi connectivity index (χ2v) is 9.39. The van der Waals surface area contributed by atoms with E-state index in [0.29, 0.717) is 0 Å². The summed E-state index contributed by atoms with van der Waals surface area (Å²) in [7, 11) is 0. The van der Waals surface area contributed by atoms with E-state index in [1.165, 1.54) is 20.8 Å². The van der Waals surface area contributed by atoms with Crippen LogP contribution in [0.3, 0.4) is 0 Å². The topological polar surface area (TPSA) is 237 Å². The smallest absolute Gasteiger partial charge is 0.187 e. The van der Waals surface area contributed by atoms with E-state index >= 15 is 0 Å². The first-order valence-electron chi connectivity index (χ1n) is 11.8. The lowest BCUT2D eigenvalue weighted by Crippen LogP contribution is -2.65. The van der Waals surface area contributed by atoms with Crippen LogP contribution in [0.4, 0.5) is 0 Å². The number of aliphatic hydroxyl groups excluding tert-OH is 9. The maximum Gasteiger partial charge on any atom is 0.187 e. The number of hydrogen-bond acceptors (Lipinski definition) is 15. The molecule has 212 valence electrons. The van der Waals surface area contributed by atoms with Crippen molar-refractivity contribution < 1.29 is 74.4 Å². The van der Waals surface area contributed by atoms with Crippen molar-refractivity contribution in [2.24, 2.45) is 0 Å². The largest absolute Gasteiger partial charge is 0.394 e. The molecule has 0 aromatic carbocycles. The van der Waals surface area contributed by atoms with Gasteiger partial charge in [-0.1, -0.05) is 0 Å². The number of hydrogen-bond donors (Lipinski definition) is 9. The Morgan fingerprint density at radius 1 is 0.528 bits per heavy atom. The third-order valence-corrected chi connectivity index (χ3v) is 6.69. The predicted octanol–water partition coefficient (Wildman–Crippen LogP) is -5.11. The minimum Gasteiger partial charge on any atom is -0.394 e. The molecule has 0 spiro atoms. The van der Waals surface area contributed by atoms with E-state index in [1.807, 2.05) is 0 Å². The first-order valence-corrected chi connectivity index (χ1v) is 11.8. The molecule has 3 fully saturated rings. The van der Waals surface area contributed by atoms with Gasteiger partial charge in [0.25, 0.3) is 0 Å². The zero-order valence-corrected chi connectivity index (χ0v) is 20.1. The van der Waals surface area contributed by atoms with E-state index in [0.717, 1.165) is 0 Å². The maximum atomic E-state index is 10.9. The fourth-order valence-corrected chi connectivity index (χ4v) is 4.30. The second kappa shape index (κ2) is 12.5. The highest BCUT2D eigenvalue weighted by molar-refractivity contribution is 4.95. The Morgan fingerprint density at radius 2 is 0.972 bits per heavy atom. The quantitative estimate of drug-likeness (QED) is 0.143. The Morgan fingerprint density at radius 3 is 1.53 bits per heavy atom. The molecule has 0 saturated carbocycles. The van der Waals surface area contributed by atoms with Crippen LogP contribution < -0.4 is 0 Å². The normalized spacial score (nSPS) is 50.4. The first kappa shape index (κ1) is 29.9. The van der Waals surface area contributed by atoms with Gasteiger partial charge in [-0.3, -0.25) is 0 Å². The van der Waals surface area contributed by atoms with Crippen molar-refractivity contribution in [3.63, 3.8) is 0 Å². The van der Waals surface area contributed by atoms with Crippen LogP contribution in [-0.2, 0) is 28.4 Å². The SMILES string of the molecule is C[C@H]1O[C@H](O[C@@H]2[C@H](O)[C@@H](O[C@@H]3[C@@H](OC(CO)CO)O[C@H](C)[C@@H](O)[C@@H]3O)O[C@H](C)[C@H]2O)[C@@H](O)[C@@H](O)[C@@H]1O. The Kier molecular flexibility index (Phi) is 10.4. The highest BCUT2D eigenvalue weighted by Gasteiger charge is 2.52. The molecule has 0 unspecified atom stereocenters. The summed E-state index contributed by atoms with van der Waals surface area (Å²) in [4.78, 5) is 0. The molecular weight excluding hydrogens is 492 g/mol. The van der Waals surface area contributed by atoms with Gasteiger partial charge in [0.1, 0.15) is 61.0 Å². The Hall–Kier alpha value is -0.600. The maximum absolute atomic E-state index is 10.9. The molecule has 3 aliphatic heterocycles. The standard InChI is InChI=1S/C21H38O15/c1-6-10(24)13(27)15(29)19(31-6)35-17-12(26)8(3)32-20(16(17)30)36-18-14(28)11(25)7(2)33-21(18)34-9(4-22)5-23/h6-30H,4-5H2,1-3H3/t6-,7-,8-,10-,11-,12-,13+,14+,15+,16+,17+,18+,19-,20-,21-/m1/s1. The molecule has 3 aliphatic rings. The summed E-state index contributed by atoms with van der Waals surface area (Å²) in [5, 5.41) is 91.3. The number of ether oxygens (including phenoxy) is 6. The van der Waals surface area contributed by atoms with Gasteiger partial charge in [0.05, 0.1) is 31.5 Å². The van der Waals surface area contributed by atoms with E-state index in [9.17, 15) is 46.0 Å². The van der Waals surface area contributed by atoms with Crippen LogP contribution >= 0.6 is 0 Å². The molecule has 3 rings (SSSR count). The van der Waals surface area contributed by atoms with Crippen LogP contribution in [-0.4, -0.2) is 157 Å². The van der Waals surface area contributed by atoms with Crippen molar-refractivity contribution >= 4 is 0 Å². The van der Waals surface area contributed by atoms with Gasteiger partial charge in [0.15, 0.2) is 18.9 Å². The Bertz CT molecular complexity index is 682. The van der Waals surface area contributed by atoms with Crippen LogP contribution in [0, 0.1) is 0 Å². The molecule has 0 radical (unpaired) electrons. The molecule has 3 heterocycles. The summed E-state index contributed by atoms with van der Waals surface area (Å²) in [5.41, 5.74) is 0. The van der Waals surface area contributed by atoms with E-state index in [-0.39, 0.29) is 0 Å². The lowest BCUT2D eigenvalue weighted by atomic mass is 9.97. The molecule has 0 amide bonds. The predicted molar refractivity (Wildman–Crippen MR) is 114 cm³/mol. The van der Waals surface area contributed by atoms with Gasteiger partial charge in [-0.15, -0.1) is 0 Å². The van der Waals surface area contributed by atoms with E-state index in [4.69, 9.17) is 28.4 Å². The van der Waals surface area contributed by atoms with Crippen molar-refractivity contribution in [1.82, 2.24) is 0 Å². The molecule has 15 heteroatoms. The summed E-state index contributed by atoms with van der Waals surface area (Å²) < 4.78 is 33.2. The number of aliphatic hydroxyl groups is 9. The lowest BCUT2D eigenvalue weighted by molar-refractivity contribution is -0.383. The van der Waals surface area contributed by atoms with Gasteiger partial charge in [-0.25, -0.2) is 0 Å². The first-order chi connectivity index (χ1) is 16.9. The Balaban J connectivity index is 1.77. The van der Waals surface area contributed by atoms with Crippen molar-refractivity contribution in [1.29, 1.82) is 0 Å². The van der Waals surface area contributed by atoms with E-state index < -0.39 is 111 Å². The Labute approximate surface area is 207 Å². The molecule has 0 bridgehead atoms. The van der Waals surface area contributed by atoms with Gasteiger partial charge >= 0.3 is 0 Å². The van der Waals surface area contributed by atoms with Gasteiger partial charge in [0, 0.05) is 0 Å². The average Bonchev–Trinajstić information content (AvgIpc) is 2.85. The van der Waals surface area contributed by atoms with Gasteiger partial charge in [-0.05, 0) is 20.8 Å². The zero-order chi connectivity index (χ0) is 26.9. The highest BCUT2D eigenvalue weighted by atomic mass is 16.8. The molecule has 0 aromatic heterocycles. The van der Waals surface area contributed by atoms with Gasteiger partial charge < -0.3 is 74.4 Å². The van der Waals surface area contributed by atoms with Crippen LogP contribution in [0.15, 0.2) is 0 Å². The average molecular weight is 531 g/mol. The summed E-state index contributed by atoms with van der Waals surface area (Å²) >= 11 is 0. The molecule has 9 N–H and O–H groups in total. The molecule has 0 aliphatic carbocycles. The summed E-state index contributed by atoms with van der Waals surface area (Å²) in [6.45, 7) is 3.17. The van der Waals surface area contributed by atoms with Crippen molar-refractivity contribution in [3.8, 4) is 0 Å². The zero-order valence-electron chi connectivity index (χ0n) is 20.1. The fourth-order valence-electron chi connectivity index (χ4n) is 4.30. The monoisotopic (exact) mass is 530 g/mol. The van der Waals surface area contributed by atoms with E-state index in [1.54, 1.807) is 0 Å². The molecule has 15 atom stereocenters. The minimum atomic E-state index is -1.75. The van der Waals surface area contributed by atoms with Crippen LogP contribution in [0.2, 0.25) is 0 Å². The molecule has 3 saturated heterocycles. The van der Waals surface area contributed by atoms with Crippen molar-refractivity contribution in [2.75, 3.05) is 13.2 Å². The molecule has 0 aromatic rings.